The highest BCUT2D eigenvalue weighted by Crippen LogP contribution is 2.37. The van der Waals surface area contributed by atoms with Gasteiger partial charge >= 0.3 is 5.97 Å². The average molecular weight is 251 g/mol. The lowest BCUT2D eigenvalue weighted by molar-refractivity contribution is -0.145. The molecular formula is C12H17N3O3. The maximum atomic E-state index is 11.8. The molecule has 0 bridgehead atoms. The Balaban J connectivity index is 1.96. The lowest BCUT2D eigenvalue weighted by Crippen LogP contribution is -2.44. The third kappa shape index (κ3) is 2.88. The van der Waals surface area contributed by atoms with Gasteiger partial charge in [0.05, 0.1) is 13.4 Å². The zero-order valence-electron chi connectivity index (χ0n) is 10.5. The highest BCUT2D eigenvalue weighted by Gasteiger charge is 2.40. The van der Waals surface area contributed by atoms with Crippen LogP contribution in [0, 0.1) is 11.8 Å². The number of nitrogens with zero attached hydrogens (tertiary/aromatic N) is 1. The molecule has 1 amide bonds. The first kappa shape index (κ1) is 12.6. The number of amides is 1. The standard InChI is InChI=1S/C12H17N3O3/c1-7-3-9(7)11(16)15-10(12(17)18-2)4-8-5-13-6-14-8/h5-7,9-10H,3-4H2,1-2H3,(H,13,14)(H,15,16)/t7?,9?,10-/m0/s1. The number of rotatable bonds is 5. The van der Waals surface area contributed by atoms with Crippen LogP contribution in [0.25, 0.3) is 0 Å². The van der Waals surface area contributed by atoms with E-state index in [1.807, 2.05) is 6.92 Å². The maximum Gasteiger partial charge on any atom is 0.328 e. The van der Waals surface area contributed by atoms with E-state index in [-0.39, 0.29) is 11.8 Å². The van der Waals surface area contributed by atoms with E-state index in [1.165, 1.54) is 13.4 Å². The maximum absolute atomic E-state index is 11.8. The molecule has 6 heteroatoms. The van der Waals surface area contributed by atoms with Crippen LogP contribution in [0.4, 0.5) is 0 Å². The lowest BCUT2D eigenvalue weighted by Gasteiger charge is -2.15. The average Bonchev–Trinajstić information content (AvgIpc) is 2.88. The van der Waals surface area contributed by atoms with Crippen LogP contribution in [-0.2, 0) is 20.7 Å². The molecule has 1 aromatic heterocycles. The summed E-state index contributed by atoms with van der Waals surface area (Å²) in [7, 11) is 1.31. The minimum absolute atomic E-state index is 0.0407. The summed E-state index contributed by atoms with van der Waals surface area (Å²) in [6.07, 6.45) is 4.42. The van der Waals surface area contributed by atoms with Crippen LogP contribution in [0.5, 0.6) is 0 Å². The molecule has 0 spiro atoms. The van der Waals surface area contributed by atoms with E-state index in [4.69, 9.17) is 4.74 Å². The van der Waals surface area contributed by atoms with E-state index in [1.54, 1.807) is 6.20 Å². The Morgan fingerprint density at radius 2 is 2.39 bits per heavy atom. The second kappa shape index (κ2) is 5.20. The number of methoxy groups -OCH3 is 1. The number of hydrogen-bond donors (Lipinski definition) is 2. The smallest absolute Gasteiger partial charge is 0.328 e. The molecular weight excluding hydrogens is 234 g/mol. The molecule has 1 aromatic rings. The van der Waals surface area contributed by atoms with Crippen molar-refractivity contribution in [1.29, 1.82) is 0 Å². The van der Waals surface area contributed by atoms with Gasteiger partial charge in [-0.2, -0.15) is 0 Å². The number of carbonyl (C=O) groups is 2. The fourth-order valence-electron chi connectivity index (χ4n) is 1.92. The van der Waals surface area contributed by atoms with Crippen LogP contribution in [0.2, 0.25) is 0 Å². The summed E-state index contributed by atoms with van der Waals surface area (Å²) in [5.74, 6) is -0.0574. The number of ether oxygens (including phenoxy) is 1. The number of aromatic nitrogens is 2. The van der Waals surface area contributed by atoms with Gasteiger partial charge in [-0.3, -0.25) is 4.79 Å². The van der Waals surface area contributed by atoms with Gasteiger partial charge in [0.1, 0.15) is 6.04 Å². The summed E-state index contributed by atoms with van der Waals surface area (Å²) in [6.45, 7) is 2.02. The van der Waals surface area contributed by atoms with Crippen molar-refractivity contribution in [2.45, 2.75) is 25.8 Å². The molecule has 1 saturated carbocycles. The third-order valence-corrected chi connectivity index (χ3v) is 3.23. The number of aromatic amines is 1. The van der Waals surface area contributed by atoms with Crippen molar-refractivity contribution in [3.8, 4) is 0 Å². The molecule has 6 nitrogen and oxygen atoms in total. The molecule has 0 saturated heterocycles. The molecule has 2 rings (SSSR count). The molecule has 1 aliphatic rings. The van der Waals surface area contributed by atoms with Crippen molar-refractivity contribution < 1.29 is 14.3 Å². The molecule has 0 aliphatic heterocycles. The predicted molar refractivity (Wildman–Crippen MR) is 63.5 cm³/mol. The third-order valence-electron chi connectivity index (χ3n) is 3.23. The molecule has 3 atom stereocenters. The summed E-state index contributed by atoms with van der Waals surface area (Å²) in [5, 5.41) is 2.74. The van der Waals surface area contributed by atoms with Crippen molar-refractivity contribution in [2.75, 3.05) is 7.11 Å². The fourth-order valence-corrected chi connectivity index (χ4v) is 1.92. The second-order valence-electron chi connectivity index (χ2n) is 4.68. The van der Waals surface area contributed by atoms with Crippen LogP contribution in [0.15, 0.2) is 12.5 Å². The first-order valence-corrected chi connectivity index (χ1v) is 5.97. The number of imidazole rings is 1. The van der Waals surface area contributed by atoms with Gasteiger partial charge in [-0.15, -0.1) is 0 Å². The van der Waals surface area contributed by atoms with Gasteiger partial charge in [0.2, 0.25) is 5.91 Å². The first-order valence-electron chi connectivity index (χ1n) is 5.97. The van der Waals surface area contributed by atoms with Crippen molar-refractivity contribution in [3.05, 3.63) is 18.2 Å². The molecule has 1 heterocycles. The zero-order valence-corrected chi connectivity index (χ0v) is 10.5. The Bertz CT molecular complexity index is 430. The van der Waals surface area contributed by atoms with E-state index in [0.29, 0.717) is 12.3 Å². The number of carbonyl (C=O) groups excluding carboxylic acids is 2. The molecule has 0 aromatic carbocycles. The monoisotopic (exact) mass is 251 g/mol. The highest BCUT2D eigenvalue weighted by molar-refractivity contribution is 5.87. The number of esters is 1. The van der Waals surface area contributed by atoms with Crippen LogP contribution in [-0.4, -0.2) is 35.0 Å². The van der Waals surface area contributed by atoms with E-state index < -0.39 is 12.0 Å². The number of H-pyrrole nitrogens is 1. The first-order chi connectivity index (χ1) is 8.61. The second-order valence-corrected chi connectivity index (χ2v) is 4.68. The predicted octanol–water partition coefficient (Wildman–Crippen LogP) is 0.266. The summed E-state index contributed by atoms with van der Waals surface area (Å²) in [5.41, 5.74) is 0.787. The van der Waals surface area contributed by atoms with Gasteiger partial charge in [0, 0.05) is 24.2 Å². The van der Waals surface area contributed by atoms with Crippen LogP contribution >= 0.6 is 0 Å². The van der Waals surface area contributed by atoms with Crippen molar-refractivity contribution in [3.63, 3.8) is 0 Å². The van der Waals surface area contributed by atoms with Gasteiger partial charge in [0.15, 0.2) is 0 Å². The van der Waals surface area contributed by atoms with Crippen LogP contribution in [0.3, 0.4) is 0 Å². The number of nitrogens with one attached hydrogen (secondary N) is 2. The van der Waals surface area contributed by atoms with Gasteiger partial charge in [-0.25, -0.2) is 9.78 Å². The van der Waals surface area contributed by atoms with Crippen LogP contribution in [0.1, 0.15) is 19.0 Å². The molecule has 0 radical (unpaired) electrons. The number of hydrogen-bond acceptors (Lipinski definition) is 4. The molecule has 1 fully saturated rings. The highest BCUT2D eigenvalue weighted by atomic mass is 16.5. The molecule has 2 N–H and O–H groups in total. The Morgan fingerprint density at radius 3 is 2.89 bits per heavy atom. The van der Waals surface area contributed by atoms with Crippen molar-refractivity contribution in [2.24, 2.45) is 11.8 Å². The summed E-state index contributed by atoms with van der Waals surface area (Å²) < 4.78 is 4.70. The van der Waals surface area contributed by atoms with E-state index in [2.05, 4.69) is 15.3 Å². The zero-order chi connectivity index (χ0) is 13.1. The minimum atomic E-state index is -0.657. The van der Waals surface area contributed by atoms with Gasteiger partial charge in [-0.05, 0) is 12.3 Å². The molecule has 98 valence electrons. The summed E-state index contributed by atoms with van der Waals surface area (Å²) in [6, 6.07) is -0.657. The SMILES string of the molecule is COC(=O)[C@H](Cc1cnc[nH]1)NC(=O)C1CC1C. The molecule has 2 unspecified atom stereocenters. The Morgan fingerprint density at radius 1 is 1.67 bits per heavy atom. The van der Waals surface area contributed by atoms with Crippen molar-refractivity contribution >= 4 is 11.9 Å². The quantitative estimate of drug-likeness (QED) is 0.735. The largest absolute Gasteiger partial charge is 0.467 e. The summed E-state index contributed by atoms with van der Waals surface area (Å²) >= 11 is 0. The fraction of sp³-hybridized carbons (Fsp3) is 0.583. The lowest BCUT2D eigenvalue weighted by atomic mass is 10.1. The minimum Gasteiger partial charge on any atom is -0.467 e. The van der Waals surface area contributed by atoms with Crippen LogP contribution < -0.4 is 5.32 Å². The summed E-state index contributed by atoms with van der Waals surface area (Å²) in [4.78, 5) is 30.2. The van der Waals surface area contributed by atoms with Gasteiger partial charge in [0.25, 0.3) is 0 Å². The Kier molecular flexibility index (Phi) is 3.64. The van der Waals surface area contributed by atoms with Gasteiger partial charge in [-0.1, -0.05) is 6.92 Å². The molecule has 1 aliphatic carbocycles. The van der Waals surface area contributed by atoms with Crippen molar-refractivity contribution in [1.82, 2.24) is 15.3 Å². The molecule has 18 heavy (non-hydrogen) atoms. The Hall–Kier alpha value is -1.85. The van der Waals surface area contributed by atoms with E-state index in [9.17, 15) is 9.59 Å². The van der Waals surface area contributed by atoms with E-state index in [0.717, 1.165) is 12.1 Å². The van der Waals surface area contributed by atoms with Gasteiger partial charge < -0.3 is 15.0 Å². The Labute approximate surface area is 105 Å². The van der Waals surface area contributed by atoms with E-state index >= 15 is 0 Å². The normalized spacial score (nSPS) is 23.2. The topological polar surface area (TPSA) is 84.1 Å².